The average Bonchev–Trinajstić information content (AvgIpc) is 2.70. The van der Waals surface area contributed by atoms with Gasteiger partial charge in [-0.25, -0.2) is 12.7 Å². The first kappa shape index (κ1) is 24.4. The maximum atomic E-state index is 12.4. The van der Waals surface area contributed by atoms with Crippen molar-refractivity contribution >= 4 is 21.8 Å². The van der Waals surface area contributed by atoms with Crippen LogP contribution in [0, 0.1) is 13.8 Å². The first-order valence-electron chi connectivity index (χ1n) is 9.76. The third-order valence-corrected chi connectivity index (χ3v) is 6.40. The number of amides is 2. The number of aryl methyl sites for hydroxylation is 2. The molecule has 0 aromatic heterocycles. The molecule has 0 aliphatic heterocycles. The van der Waals surface area contributed by atoms with Crippen LogP contribution in [0.15, 0.2) is 47.4 Å². The second kappa shape index (κ2) is 10.4. The molecule has 0 saturated carbocycles. The van der Waals surface area contributed by atoms with Crippen molar-refractivity contribution in [2.24, 2.45) is 0 Å². The number of sulfonamides is 1. The standard InChI is InChI=1S/C22H29N3O5S/c1-16-11-17(2)13-19(12-16)30-10-9-25(5)21(26)15-23-22(27)18-7-6-8-20(14-18)31(28,29)24(3)4/h6-8,11-14H,9-10,15H2,1-5H3,(H,23,27). The number of benzene rings is 2. The lowest BCUT2D eigenvalue weighted by molar-refractivity contribution is -0.129. The predicted octanol–water partition coefficient (Wildman–Crippen LogP) is 1.82. The lowest BCUT2D eigenvalue weighted by Gasteiger charge is -2.18. The molecular weight excluding hydrogens is 418 g/mol. The van der Waals surface area contributed by atoms with Gasteiger partial charge in [0.2, 0.25) is 15.9 Å². The summed E-state index contributed by atoms with van der Waals surface area (Å²) in [6.07, 6.45) is 0. The molecular formula is C22H29N3O5S. The fraction of sp³-hybridized carbons (Fsp3) is 0.364. The minimum Gasteiger partial charge on any atom is -0.492 e. The van der Waals surface area contributed by atoms with Gasteiger partial charge in [-0.1, -0.05) is 12.1 Å². The molecule has 0 saturated heterocycles. The van der Waals surface area contributed by atoms with Gasteiger partial charge in [0, 0.05) is 26.7 Å². The lowest BCUT2D eigenvalue weighted by atomic mass is 10.1. The van der Waals surface area contributed by atoms with E-state index in [2.05, 4.69) is 11.4 Å². The fourth-order valence-electron chi connectivity index (χ4n) is 2.84. The molecule has 0 aliphatic carbocycles. The second-order valence-corrected chi connectivity index (χ2v) is 9.64. The summed E-state index contributed by atoms with van der Waals surface area (Å²) in [5.41, 5.74) is 2.37. The first-order chi connectivity index (χ1) is 14.5. The number of ether oxygens (including phenoxy) is 1. The van der Waals surface area contributed by atoms with Crippen LogP contribution in [0.25, 0.3) is 0 Å². The van der Waals surface area contributed by atoms with Crippen LogP contribution in [0.2, 0.25) is 0 Å². The summed E-state index contributed by atoms with van der Waals surface area (Å²) in [5, 5.41) is 2.53. The van der Waals surface area contributed by atoms with Crippen LogP contribution < -0.4 is 10.1 Å². The SMILES string of the molecule is Cc1cc(C)cc(OCCN(C)C(=O)CNC(=O)c2cccc(S(=O)(=O)N(C)C)c2)c1. The van der Waals surface area contributed by atoms with Gasteiger partial charge in [0.1, 0.15) is 12.4 Å². The Bertz CT molecular complexity index is 1030. The molecule has 2 aromatic carbocycles. The Morgan fingerprint density at radius 2 is 1.65 bits per heavy atom. The highest BCUT2D eigenvalue weighted by Gasteiger charge is 2.19. The van der Waals surface area contributed by atoms with Crippen LogP contribution in [-0.4, -0.2) is 70.3 Å². The van der Waals surface area contributed by atoms with Gasteiger partial charge >= 0.3 is 0 Å². The number of nitrogens with one attached hydrogen (secondary N) is 1. The van der Waals surface area contributed by atoms with Crippen molar-refractivity contribution in [1.29, 1.82) is 0 Å². The summed E-state index contributed by atoms with van der Waals surface area (Å²) in [6, 6.07) is 11.6. The average molecular weight is 448 g/mol. The minimum atomic E-state index is -3.65. The zero-order valence-corrected chi connectivity index (χ0v) is 19.3. The van der Waals surface area contributed by atoms with Gasteiger partial charge in [-0.05, 0) is 55.3 Å². The summed E-state index contributed by atoms with van der Waals surface area (Å²) >= 11 is 0. The Labute approximate surface area is 183 Å². The van der Waals surface area contributed by atoms with E-state index in [9.17, 15) is 18.0 Å². The lowest BCUT2D eigenvalue weighted by Crippen LogP contribution is -2.39. The summed E-state index contributed by atoms with van der Waals surface area (Å²) in [6.45, 7) is 4.46. The van der Waals surface area contributed by atoms with E-state index in [0.29, 0.717) is 13.2 Å². The van der Waals surface area contributed by atoms with E-state index in [-0.39, 0.29) is 22.9 Å². The van der Waals surface area contributed by atoms with E-state index in [1.807, 2.05) is 26.0 Å². The largest absolute Gasteiger partial charge is 0.492 e. The molecule has 0 unspecified atom stereocenters. The molecule has 1 N–H and O–H groups in total. The summed E-state index contributed by atoms with van der Waals surface area (Å²) in [5.74, 6) is -0.0577. The summed E-state index contributed by atoms with van der Waals surface area (Å²) < 4.78 is 31.2. The molecule has 0 heterocycles. The van der Waals surface area contributed by atoms with Crippen LogP contribution in [-0.2, 0) is 14.8 Å². The van der Waals surface area contributed by atoms with Gasteiger partial charge in [0.25, 0.3) is 5.91 Å². The Kier molecular flexibility index (Phi) is 8.18. The highest BCUT2D eigenvalue weighted by Crippen LogP contribution is 2.16. The van der Waals surface area contributed by atoms with Crippen molar-refractivity contribution in [3.05, 3.63) is 59.2 Å². The molecule has 9 heteroatoms. The Hall–Kier alpha value is -2.91. The maximum Gasteiger partial charge on any atom is 0.251 e. The van der Waals surface area contributed by atoms with Crippen LogP contribution >= 0.6 is 0 Å². The highest BCUT2D eigenvalue weighted by atomic mass is 32.2. The van der Waals surface area contributed by atoms with Gasteiger partial charge < -0.3 is 15.0 Å². The summed E-state index contributed by atoms with van der Waals surface area (Å²) in [4.78, 5) is 26.1. The molecule has 0 spiro atoms. The van der Waals surface area contributed by atoms with Crippen LogP contribution in [0.1, 0.15) is 21.5 Å². The third kappa shape index (κ3) is 6.80. The summed E-state index contributed by atoms with van der Waals surface area (Å²) in [7, 11) is 0.811. The normalized spacial score (nSPS) is 11.3. The molecule has 0 fully saturated rings. The molecule has 0 bridgehead atoms. The first-order valence-corrected chi connectivity index (χ1v) is 11.2. The van der Waals surface area contributed by atoms with Crippen molar-refractivity contribution < 1.29 is 22.7 Å². The number of hydrogen-bond acceptors (Lipinski definition) is 5. The molecule has 0 atom stereocenters. The monoisotopic (exact) mass is 447 g/mol. The van der Waals surface area contributed by atoms with E-state index in [4.69, 9.17) is 4.74 Å². The highest BCUT2D eigenvalue weighted by molar-refractivity contribution is 7.89. The number of carbonyl (C=O) groups is 2. The topological polar surface area (TPSA) is 96.0 Å². The van der Waals surface area contributed by atoms with Crippen molar-refractivity contribution in [3.8, 4) is 5.75 Å². The zero-order valence-electron chi connectivity index (χ0n) is 18.5. The van der Waals surface area contributed by atoms with Gasteiger partial charge in [0.05, 0.1) is 18.0 Å². The number of likely N-dealkylation sites (N-methyl/N-ethyl adjacent to an activating group) is 1. The maximum absolute atomic E-state index is 12.4. The van der Waals surface area contributed by atoms with Gasteiger partial charge in [-0.2, -0.15) is 0 Å². The van der Waals surface area contributed by atoms with Crippen LogP contribution in [0.4, 0.5) is 0 Å². The van der Waals surface area contributed by atoms with Gasteiger partial charge in [-0.15, -0.1) is 0 Å². The van der Waals surface area contributed by atoms with E-state index in [1.54, 1.807) is 7.05 Å². The molecule has 2 amide bonds. The molecule has 8 nitrogen and oxygen atoms in total. The molecule has 2 rings (SSSR count). The van der Waals surface area contributed by atoms with Crippen LogP contribution in [0.5, 0.6) is 5.75 Å². The number of hydrogen-bond donors (Lipinski definition) is 1. The number of carbonyl (C=O) groups excluding carboxylic acids is 2. The predicted molar refractivity (Wildman–Crippen MR) is 119 cm³/mol. The third-order valence-electron chi connectivity index (χ3n) is 4.59. The minimum absolute atomic E-state index is 0.0112. The molecule has 168 valence electrons. The van der Waals surface area contributed by atoms with Crippen molar-refractivity contribution in [1.82, 2.24) is 14.5 Å². The quantitative estimate of drug-likeness (QED) is 0.633. The van der Waals surface area contributed by atoms with Crippen molar-refractivity contribution in [2.75, 3.05) is 40.8 Å². The molecule has 2 aromatic rings. The Balaban J connectivity index is 1.86. The van der Waals surface area contributed by atoms with Gasteiger partial charge in [-0.3, -0.25) is 9.59 Å². The van der Waals surface area contributed by atoms with E-state index < -0.39 is 15.9 Å². The molecule has 0 radical (unpaired) electrons. The van der Waals surface area contributed by atoms with Crippen molar-refractivity contribution in [3.63, 3.8) is 0 Å². The van der Waals surface area contributed by atoms with Crippen LogP contribution in [0.3, 0.4) is 0 Å². The Morgan fingerprint density at radius 3 is 2.26 bits per heavy atom. The number of nitrogens with zero attached hydrogens (tertiary/aromatic N) is 2. The van der Waals surface area contributed by atoms with E-state index in [1.165, 1.54) is 43.3 Å². The number of rotatable bonds is 9. The van der Waals surface area contributed by atoms with E-state index in [0.717, 1.165) is 21.2 Å². The van der Waals surface area contributed by atoms with Gasteiger partial charge in [0.15, 0.2) is 0 Å². The molecule has 0 aliphatic rings. The smallest absolute Gasteiger partial charge is 0.251 e. The van der Waals surface area contributed by atoms with E-state index >= 15 is 0 Å². The van der Waals surface area contributed by atoms with Crippen molar-refractivity contribution in [2.45, 2.75) is 18.7 Å². The zero-order chi connectivity index (χ0) is 23.2. The fourth-order valence-corrected chi connectivity index (χ4v) is 3.79. The second-order valence-electron chi connectivity index (χ2n) is 7.49. The molecule has 31 heavy (non-hydrogen) atoms. The Morgan fingerprint density at radius 1 is 1.00 bits per heavy atom.